The number of ether oxygens (including phenoxy) is 2. The third kappa shape index (κ3) is 3.47. The zero-order valence-corrected chi connectivity index (χ0v) is 14.0. The molecule has 21 heavy (non-hydrogen) atoms. The first-order valence-corrected chi connectivity index (χ1v) is 8.80. The van der Waals surface area contributed by atoms with Crippen LogP contribution in [0, 0.1) is 18.3 Å². The first-order chi connectivity index (χ1) is 10.2. The second kappa shape index (κ2) is 6.73. The summed E-state index contributed by atoms with van der Waals surface area (Å²) in [6.45, 7) is 8.08. The molecule has 0 aromatic carbocycles. The van der Waals surface area contributed by atoms with Gasteiger partial charge in [-0.05, 0) is 44.7 Å². The van der Waals surface area contributed by atoms with Gasteiger partial charge < -0.3 is 9.47 Å². The van der Waals surface area contributed by atoms with Crippen molar-refractivity contribution in [2.45, 2.75) is 32.7 Å². The van der Waals surface area contributed by atoms with Crippen LogP contribution >= 0.6 is 11.3 Å². The Morgan fingerprint density at radius 1 is 1.43 bits per heavy atom. The van der Waals surface area contributed by atoms with Crippen LogP contribution in [0.1, 0.15) is 30.0 Å². The van der Waals surface area contributed by atoms with Gasteiger partial charge in [0.15, 0.2) is 0 Å². The molecule has 3 heterocycles. The standard InChI is InChI=1S/C16H26N2O2S/c1-13-12-21-15(17-13)9-18-6-3-16(4-7-18)5-8-20-11-14(16)10-19-2/h12,14H,3-11H2,1-2H3/t14-/m1/s1. The van der Waals surface area contributed by atoms with Gasteiger partial charge in [-0.15, -0.1) is 11.3 Å². The van der Waals surface area contributed by atoms with Crippen LogP contribution in [-0.4, -0.2) is 49.9 Å². The summed E-state index contributed by atoms with van der Waals surface area (Å²) in [6.07, 6.45) is 3.74. The predicted molar refractivity (Wildman–Crippen MR) is 84.6 cm³/mol. The molecule has 0 radical (unpaired) electrons. The summed E-state index contributed by atoms with van der Waals surface area (Å²) in [5.41, 5.74) is 1.59. The van der Waals surface area contributed by atoms with Gasteiger partial charge >= 0.3 is 0 Å². The highest BCUT2D eigenvalue weighted by Crippen LogP contribution is 2.44. The molecule has 0 N–H and O–H groups in total. The third-order valence-corrected chi connectivity index (χ3v) is 6.13. The molecule has 3 rings (SSSR count). The van der Waals surface area contributed by atoms with Crippen LogP contribution in [0.2, 0.25) is 0 Å². The van der Waals surface area contributed by atoms with E-state index < -0.39 is 0 Å². The highest BCUT2D eigenvalue weighted by atomic mass is 32.1. The summed E-state index contributed by atoms with van der Waals surface area (Å²) in [7, 11) is 1.81. The Kier molecular flexibility index (Phi) is 4.94. The summed E-state index contributed by atoms with van der Waals surface area (Å²) in [5, 5.41) is 3.40. The van der Waals surface area contributed by atoms with Gasteiger partial charge in [0, 0.05) is 30.7 Å². The van der Waals surface area contributed by atoms with Gasteiger partial charge in [-0.2, -0.15) is 0 Å². The summed E-state index contributed by atoms with van der Waals surface area (Å²) < 4.78 is 11.1. The van der Waals surface area contributed by atoms with E-state index in [1.807, 2.05) is 7.11 Å². The van der Waals surface area contributed by atoms with Gasteiger partial charge in [0.25, 0.3) is 0 Å². The van der Waals surface area contributed by atoms with Crippen molar-refractivity contribution in [2.75, 3.05) is 40.0 Å². The van der Waals surface area contributed by atoms with Gasteiger partial charge in [0.2, 0.25) is 0 Å². The molecular formula is C16H26N2O2S. The van der Waals surface area contributed by atoms with E-state index in [0.29, 0.717) is 11.3 Å². The fourth-order valence-electron chi connectivity index (χ4n) is 3.79. The SMILES string of the molecule is COC[C@@H]1COCCC12CCN(Cc1nc(C)cs1)CC2. The van der Waals surface area contributed by atoms with Crippen molar-refractivity contribution in [2.24, 2.45) is 11.3 Å². The summed E-state index contributed by atoms with van der Waals surface area (Å²) in [6, 6.07) is 0. The molecule has 5 heteroatoms. The van der Waals surface area contributed by atoms with Crippen LogP contribution in [0.3, 0.4) is 0 Å². The van der Waals surface area contributed by atoms with Crippen LogP contribution in [0.5, 0.6) is 0 Å². The molecule has 1 aromatic rings. The van der Waals surface area contributed by atoms with E-state index in [4.69, 9.17) is 9.47 Å². The van der Waals surface area contributed by atoms with Crippen LogP contribution in [0.25, 0.3) is 0 Å². The first kappa shape index (κ1) is 15.4. The highest BCUT2D eigenvalue weighted by molar-refractivity contribution is 7.09. The second-order valence-corrected chi connectivity index (χ2v) is 7.44. The Bertz CT molecular complexity index is 453. The van der Waals surface area contributed by atoms with E-state index in [1.54, 1.807) is 11.3 Å². The lowest BCUT2D eigenvalue weighted by Gasteiger charge is -2.48. The largest absolute Gasteiger partial charge is 0.384 e. The molecule has 2 saturated heterocycles. The molecule has 0 amide bonds. The molecule has 1 spiro atoms. The van der Waals surface area contributed by atoms with E-state index in [2.05, 4.69) is 22.2 Å². The van der Waals surface area contributed by atoms with E-state index in [0.717, 1.165) is 32.1 Å². The Morgan fingerprint density at radius 3 is 2.90 bits per heavy atom. The van der Waals surface area contributed by atoms with E-state index >= 15 is 0 Å². The maximum absolute atomic E-state index is 5.69. The summed E-state index contributed by atoms with van der Waals surface area (Å²) in [4.78, 5) is 7.15. The lowest BCUT2D eigenvalue weighted by Crippen LogP contribution is -2.49. The van der Waals surface area contributed by atoms with Gasteiger partial charge in [0.05, 0.1) is 19.8 Å². The van der Waals surface area contributed by atoms with Gasteiger partial charge in [-0.25, -0.2) is 4.98 Å². The number of aromatic nitrogens is 1. The molecule has 1 aromatic heterocycles. The topological polar surface area (TPSA) is 34.6 Å². The fourth-order valence-corrected chi connectivity index (χ4v) is 4.60. The summed E-state index contributed by atoms with van der Waals surface area (Å²) in [5.74, 6) is 0.570. The smallest absolute Gasteiger partial charge is 0.107 e. The predicted octanol–water partition coefficient (Wildman–Crippen LogP) is 2.72. The number of methoxy groups -OCH3 is 1. The zero-order valence-electron chi connectivity index (χ0n) is 13.1. The van der Waals surface area contributed by atoms with Crippen molar-refractivity contribution in [3.63, 3.8) is 0 Å². The molecule has 4 nitrogen and oxygen atoms in total. The van der Waals surface area contributed by atoms with Crippen molar-refractivity contribution in [1.82, 2.24) is 9.88 Å². The minimum Gasteiger partial charge on any atom is -0.384 e. The molecule has 2 fully saturated rings. The summed E-state index contributed by atoms with van der Waals surface area (Å²) >= 11 is 1.79. The Morgan fingerprint density at radius 2 is 2.24 bits per heavy atom. The van der Waals surface area contributed by atoms with Crippen molar-refractivity contribution < 1.29 is 9.47 Å². The second-order valence-electron chi connectivity index (χ2n) is 6.50. The normalized spacial score (nSPS) is 26.3. The van der Waals surface area contributed by atoms with E-state index in [9.17, 15) is 0 Å². The molecule has 2 aliphatic rings. The maximum Gasteiger partial charge on any atom is 0.107 e. The average molecular weight is 310 g/mol. The average Bonchev–Trinajstić information content (AvgIpc) is 2.90. The minimum atomic E-state index is 0.448. The number of aryl methyl sites for hydroxylation is 1. The van der Waals surface area contributed by atoms with Crippen molar-refractivity contribution >= 4 is 11.3 Å². The van der Waals surface area contributed by atoms with Gasteiger partial charge in [-0.3, -0.25) is 4.90 Å². The number of rotatable bonds is 4. The number of piperidine rings is 1. The number of hydrogen-bond acceptors (Lipinski definition) is 5. The van der Waals surface area contributed by atoms with Crippen molar-refractivity contribution in [3.8, 4) is 0 Å². The Hall–Kier alpha value is -0.490. The Balaban J connectivity index is 1.58. The number of likely N-dealkylation sites (tertiary alicyclic amines) is 1. The molecule has 1 atom stereocenters. The first-order valence-electron chi connectivity index (χ1n) is 7.92. The highest BCUT2D eigenvalue weighted by Gasteiger charge is 2.43. The lowest BCUT2D eigenvalue weighted by atomic mass is 9.66. The number of nitrogens with zero attached hydrogens (tertiary/aromatic N) is 2. The minimum absolute atomic E-state index is 0.448. The van der Waals surface area contributed by atoms with E-state index in [-0.39, 0.29) is 0 Å². The van der Waals surface area contributed by atoms with Crippen molar-refractivity contribution in [3.05, 3.63) is 16.1 Å². The van der Waals surface area contributed by atoms with E-state index in [1.165, 1.54) is 37.4 Å². The zero-order chi connectivity index (χ0) is 14.7. The quantitative estimate of drug-likeness (QED) is 0.856. The number of thiazole rings is 1. The molecule has 0 bridgehead atoms. The molecule has 2 aliphatic heterocycles. The Labute approximate surface area is 131 Å². The fraction of sp³-hybridized carbons (Fsp3) is 0.812. The lowest BCUT2D eigenvalue weighted by molar-refractivity contribution is -0.0951. The molecule has 0 aliphatic carbocycles. The molecule has 118 valence electrons. The van der Waals surface area contributed by atoms with Crippen LogP contribution in [0.4, 0.5) is 0 Å². The van der Waals surface area contributed by atoms with Crippen LogP contribution in [-0.2, 0) is 16.0 Å². The third-order valence-electron chi connectivity index (χ3n) is 5.17. The maximum atomic E-state index is 5.69. The monoisotopic (exact) mass is 310 g/mol. The van der Waals surface area contributed by atoms with Crippen LogP contribution in [0.15, 0.2) is 5.38 Å². The molecular weight excluding hydrogens is 284 g/mol. The number of hydrogen-bond donors (Lipinski definition) is 0. The van der Waals surface area contributed by atoms with Crippen LogP contribution < -0.4 is 0 Å². The molecule has 0 saturated carbocycles. The van der Waals surface area contributed by atoms with Gasteiger partial charge in [-0.1, -0.05) is 0 Å². The van der Waals surface area contributed by atoms with Crippen molar-refractivity contribution in [1.29, 1.82) is 0 Å². The van der Waals surface area contributed by atoms with Gasteiger partial charge in [0.1, 0.15) is 5.01 Å². The molecule has 0 unspecified atom stereocenters.